The molecule has 2 rings (SSSR count). The van der Waals surface area contributed by atoms with Gasteiger partial charge in [0.2, 0.25) is 0 Å². The molecule has 0 spiro atoms. The van der Waals surface area contributed by atoms with Crippen molar-refractivity contribution in [2.75, 3.05) is 14.2 Å². The topological polar surface area (TPSA) is 64.9 Å². The van der Waals surface area contributed by atoms with Crippen LogP contribution in [0.5, 0.6) is 5.75 Å². The van der Waals surface area contributed by atoms with Crippen molar-refractivity contribution in [3.63, 3.8) is 0 Å². The minimum absolute atomic E-state index is 0.157. The molecule has 2 aromatic heterocycles. The van der Waals surface area contributed by atoms with Crippen LogP contribution in [0.15, 0.2) is 18.6 Å². The summed E-state index contributed by atoms with van der Waals surface area (Å²) < 4.78 is 7.36. The molecule has 1 N–H and O–H groups in total. The van der Waals surface area contributed by atoms with Crippen LogP contribution in [0.2, 0.25) is 0 Å². The number of nitrogens with zero attached hydrogens (tertiary/aromatic N) is 4. The third-order valence-corrected chi connectivity index (χ3v) is 3.13. The van der Waals surface area contributed by atoms with Gasteiger partial charge in [0.05, 0.1) is 13.3 Å². The lowest BCUT2D eigenvalue weighted by Gasteiger charge is -2.20. The Morgan fingerprint density at radius 2 is 1.85 bits per heavy atom. The molecule has 0 saturated carbocycles. The van der Waals surface area contributed by atoms with Crippen molar-refractivity contribution in [2.45, 2.75) is 32.9 Å². The Morgan fingerprint density at radius 3 is 2.35 bits per heavy atom. The van der Waals surface area contributed by atoms with E-state index < -0.39 is 0 Å². The SMILES string of the molecule is CNC(c1ncc(C)cn1)c1c(OC)cnn1C(C)C. The molecular weight excluding hydrogens is 254 g/mol. The maximum atomic E-state index is 5.43. The average molecular weight is 275 g/mol. The second-order valence-electron chi connectivity index (χ2n) is 4.98. The van der Waals surface area contributed by atoms with E-state index in [2.05, 4.69) is 34.2 Å². The quantitative estimate of drug-likeness (QED) is 0.902. The maximum Gasteiger partial charge on any atom is 0.162 e. The second-order valence-corrected chi connectivity index (χ2v) is 4.98. The van der Waals surface area contributed by atoms with Gasteiger partial charge >= 0.3 is 0 Å². The van der Waals surface area contributed by atoms with Crippen LogP contribution in [0.1, 0.15) is 43.0 Å². The molecule has 0 aromatic carbocycles. The highest BCUT2D eigenvalue weighted by molar-refractivity contribution is 5.32. The molecule has 6 heteroatoms. The van der Waals surface area contributed by atoms with Crippen LogP contribution >= 0.6 is 0 Å². The predicted molar refractivity (Wildman–Crippen MR) is 76.8 cm³/mol. The molecule has 0 radical (unpaired) electrons. The van der Waals surface area contributed by atoms with E-state index in [0.717, 1.165) is 17.0 Å². The number of rotatable bonds is 5. The van der Waals surface area contributed by atoms with Gasteiger partial charge in [0.1, 0.15) is 11.7 Å². The van der Waals surface area contributed by atoms with Crippen LogP contribution < -0.4 is 10.1 Å². The van der Waals surface area contributed by atoms with E-state index >= 15 is 0 Å². The molecule has 0 aliphatic carbocycles. The predicted octanol–water partition coefficient (Wildman–Crippen LogP) is 1.88. The van der Waals surface area contributed by atoms with Gasteiger partial charge in [-0.3, -0.25) is 4.68 Å². The summed E-state index contributed by atoms with van der Waals surface area (Å²) in [6, 6.07) is 0.0747. The lowest BCUT2D eigenvalue weighted by Crippen LogP contribution is -2.25. The minimum atomic E-state index is -0.157. The highest BCUT2D eigenvalue weighted by atomic mass is 16.5. The third-order valence-electron chi connectivity index (χ3n) is 3.13. The molecule has 108 valence electrons. The summed E-state index contributed by atoms with van der Waals surface area (Å²) >= 11 is 0. The van der Waals surface area contributed by atoms with Crippen LogP contribution in [0.3, 0.4) is 0 Å². The molecular formula is C14H21N5O. The van der Waals surface area contributed by atoms with E-state index in [4.69, 9.17) is 4.74 Å². The molecule has 0 bridgehead atoms. The van der Waals surface area contributed by atoms with Crippen molar-refractivity contribution >= 4 is 0 Å². The molecule has 2 aromatic rings. The third kappa shape index (κ3) is 2.65. The zero-order valence-electron chi connectivity index (χ0n) is 12.6. The van der Waals surface area contributed by atoms with Gasteiger partial charge < -0.3 is 10.1 Å². The van der Waals surface area contributed by atoms with Crippen LogP contribution in [-0.4, -0.2) is 33.9 Å². The van der Waals surface area contributed by atoms with Gasteiger partial charge in [-0.15, -0.1) is 0 Å². The maximum absolute atomic E-state index is 5.43. The lowest BCUT2D eigenvalue weighted by atomic mass is 10.1. The van der Waals surface area contributed by atoms with Crippen molar-refractivity contribution in [1.82, 2.24) is 25.1 Å². The summed E-state index contributed by atoms with van der Waals surface area (Å²) in [5.41, 5.74) is 1.97. The highest BCUT2D eigenvalue weighted by Gasteiger charge is 2.25. The van der Waals surface area contributed by atoms with Gasteiger partial charge in [-0.1, -0.05) is 0 Å². The van der Waals surface area contributed by atoms with Gasteiger partial charge in [0.25, 0.3) is 0 Å². The Balaban J connectivity index is 2.50. The molecule has 2 heterocycles. The number of nitrogens with one attached hydrogen (secondary N) is 1. The zero-order valence-corrected chi connectivity index (χ0v) is 12.6. The number of aryl methyl sites for hydroxylation is 1. The van der Waals surface area contributed by atoms with Gasteiger partial charge in [-0.25, -0.2) is 9.97 Å². The summed E-state index contributed by atoms with van der Waals surface area (Å²) in [7, 11) is 3.53. The lowest BCUT2D eigenvalue weighted by molar-refractivity contribution is 0.394. The minimum Gasteiger partial charge on any atom is -0.493 e. The average Bonchev–Trinajstić information content (AvgIpc) is 2.86. The Labute approximate surface area is 119 Å². The molecule has 0 aliphatic rings. The number of ether oxygens (including phenoxy) is 1. The first kappa shape index (κ1) is 14.5. The van der Waals surface area contributed by atoms with Crippen molar-refractivity contribution < 1.29 is 4.74 Å². The normalized spacial score (nSPS) is 12.7. The summed E-state index contributed by atoms with van der Waals surface area (Å²) in [5, 5.41) is 7.64. The Hall–Kier alpha value is -1.95. The van der Waals surface area contributed by atoms with E-state index in [-0.39, 0.29) is 12.1 Å². The van der Waals surface area contributed by atoms with Gasteiger partial charge in [0, 0.05) is 18.4 Å². The fraction of sp³-hybridized carbons (Fsp3) is 0.500. The molecule has 20 heavy (non-hydrogen) atoms. The smallest absolute Gasteiger partial charge is 0.162 e. The summed E-state index contributed by atoms with van der Waals surface area (Å²) in [4.78, 5) is 8.82. The fourth-order valence-electron chi connectivity index (χ4n) is 2.14. The molecule has 0 aliphatic heterocycles. The van der Waals surface area contributed by atoms with Crippen molar-refractivity contribution in [3.8, 4) is 5.75 Å². The van der Waals surface area contributed by atoms with Crippen LogP contribution in [-0.2, 0) is 0 Å². The zero-order chi connectivity index (χ0) is 14.7. The largest absolute Gasteiger partial charge is 0.493 e. The standard InChI is InChI=1S/C14H21N5O/c1-9(2)19-13(11(20-5)8-18-19)12(15-4)14-16-6-10(3)7-17-14/h6-9,12,15H,1-5H3. The number of hydrogen-bond acceptors (Lipinski definition) is 5. The summed E-state index contributed by atoms with van der Waals surface area (Å²) in [6.07, 6.45) is 5.36. The van der Waals surface area contributed by atoms with E-state index in [0.29, 0.717) is 5.82 Å². The number of aromatic nitrogens is 4. The Kier molecular flexibility index (Phi) is 4.34. The monoisotopic (exact) mass is 275 g/mol. The Bertz CT molecular complexity index is 561. The van der Waals surface area contributed by atoms with Crippen molar-refractivity contribution in [2.24, 2.45) is 0 Å². The van der Waals surface area contributed by atoms with Crippen LogP contribution in [0, 0.1) is 6.92 Å². The summed E-state index contributed by atoms with van der Waals surface area (Å²) in [6.45, 7) is 6.13. The molecule has 1 unspecified atom stereocenters. The number of hydrogen-bond donors (Lipinski definition) is 1. The van der Waals surface area contributed by atoms with E-state index in [1.54, 1.807) is 13.3 Å². The van der Waals surface area contributed by atoms with E-state index in [1.165, 1.54) is 0 Å². The molecule has 0 amide bonds. The second kappa shape index (κ2) is 6.00. The molecule has 6 nitrogen and oxygen atoms in total. The number of methoxy groups -OCH3 is 1. The fourth-order valence-corrected chi connectivity index (χ4v) is 2.14. The van der Waals surface area contributed by atoms with E-state index in [1.807, 2.05) is 31.0 Å². The van der Waals surface area contributed by atoms with Crippen molar-refractivity contribution in [1.29, 1.82) is 0 Å². The Morgan fingerprint density at radius 1 is 1.20 bits per heavy atom. The first-order valence-electron chi connectivity index (χ1n) is 6.65. The van der Waals surface area contributed by atoms with E-state index in [9.17, 15) is 0 Å². The van der Waals surface area contributed by atoms with Crippen LogP contribution in [0.4, 0.5) is 0 Å². The molecule has 1 atom stereocenters. The highest BCUT2D eigenvalue weighted by Crippen LogP contribution is 2.30. The molecule has 0 fully saturated rings. The van der Waals surface area contributed by atoms with Gasteiger partial charge in [0.15, 0.2) is 11.6 Å². The van der Waals surface area contributed by atoms with Crippen LogP contribution in [0.25, 0.3) is 0 Å². The van der Waals surface area contributed by atoms with Gasteiger partial charge in [-0.05, 0) is 33.4 Å². The first-order chi connectivity index (χ1) is 9.58. The first-order valence-corrected chi connectivity index (χ1v) is 6.65. The molecule has 0 saturated heterocycles. The summed E-state index contributed by atoms with van der Waals surface area (Å²) in [5.74, 6) is 1.45. The van der Waals surface area contributed by atoms with Crippen molar-refractivity contribution in [3.05, 3.63) is 35.7 Å². The van der Waals surface area contributed by atoms with Gasteiger partial charge in [-0.2, -0.15) is 5.10 Å².